The van der Waals surface area contributed by atoms with Gasteiger partial charge in [0.15, 0.2) is 0 Å². The molecule has 0 atom stereocenters. The van der Waals surface area contributed by atoms with Crippen molar-refractivity contribution >= 4 is 46.8 Å². The molecule has 0 aromatic heterocycles. The van der Waals surface area contributed by atoms with Gasteiger partial charge in [-0.25, -0.2) is 9.80 Å². The molecule has 1 N–H and O–H groups in total. The molecule has 4 rings (SSSR count). The molecular weight excluding hydrogens is 450 g/mol. The largest absolute Gasteiger partial charge is 0.422 e. The summed E-state index contributed by atoms with van der Waals surface area (Å²) in [5.41, 5.74) is 2.94. The number of amides is 2. The zero-order valence-electron chi connectivity index (χ0n) is 16.7. The first-order chi connectivity index (χ1) is 15.8. The Morgan fingerprint density at radius 1 is 1.03 bits per heavy atom. The van der Waals surface area contributed by atoms with Gasteiger partial charge in [0.05, 0.1) is 16.2 Å². The number of esters is 1. The topological polar surface area (TPSA) is 119 Å². The van der Waals surface area contributed by atoms with E-state index in [9.17, 15) is 24.5 Å². The number of benzene rings is 3. The van der Waals surface area contributed by atoms with Crippen molar-refractivity contribution in [3.63, 3.8) is 0 Å². The minimum absolute atomic E-state index is 0.0500. The Morgan fingerprint density at radius 3 is 2.39 bits per heavy atom. The van der Waals surface area contributed by atoms with Gasteiger partial charge >= 0.3 is 5.97 Å². The predicted molar refractivity (Wildman–Crippen MR) is 120 cm³/mol. The average molecular weight is 464 g/mol. The maximum absolute atomic E-state index is 12.8. The van der Waals surface area contributed by atoms with E-state index in [-0.39, 0.29) is 28.1 Å². The number of rotatable bonds is 5. The summed E-state index contributed by atoms with van der Waals surface area (Å²) in [6.45, 7) is 0. The molecule has 3 aromatic rings. The quantitative estimate of drug-likeness (QED) is 0.153. The van der Waals surface area contributed by atoms with Crippen LogP contribution in [0.25, 0.3) is 6.08 Å². The molecule has 1 heterocycles. The molecule has 3 aromatic carbocycles. The van der Waals surface area contributed by atoms with Crippen LogP contribution in [0.4, 0.5) is 11.4 Å². The van der Waals surface area contributed by atoms with E-state index in [4.69, 9.17) is 16.3 Å². The second-order valence-electron chi connectivity index (χ2n) is 6.85. The average Bonchev–Trinajstić information content (AvgIpc) is 3.09. The second-order valence-corrected chi connectivity index (χ2v) is 7.29. The summed E-state index contributed by atoms with van der Waals surface area (Å²) >= 11 is 6.07. The van der Waals surface area contributed by atoms with Crippen LogP contribution in [0, 0.1) is 10.1 Å². The van der Waals surface area contributed by atoms with E-state index in [0.717, 1.165) is 5.01 Å². The van der Waals surface area contributed by atoms with Crippen molar-refractivity contribution in [1.82, 2.24) is 5.43 Å². The fourth-order valence-electron chi connectivity index (χ4n) is 3.07. The first kappa shape index (κ1) is 21.7. The van der Waals surface area contributed by atoms with Crippen LogP contribution in [0.15, 0.2) is 78.4 Å². The molecule has 1 fully saturated rings. The molecule has 0 radical (unpaired) electrons. The zero-order chi connectivity index (χ0) is 23.5. The molecule has 10 heteroatoms. The van der Waals surface area contributed by atoms with Gasteiger partial charge in [-0.05, 0) is 48.5 Å². The first-order valence-electron chi connectivity index (χ1n) is 9.52. The van der Waals surface area contributed by atoms with E-state index in [1.165, 1.54) is 48.5 Å². The zero-order valence-corrected chi connectivity index (χ0v) is 17.5. The molecule has 2 amide bonds. The van der Waals surface area contributed by atoms with Crippen LogP contribution in [-0.2, 0) is 9.59 Å². The standard InChI is InChI=1S/C23H14ClN3O6/c24-16-8-11-20(33-23(30)14-6-9-18(10-7-14)27(31)32)15(12-16)13-19-21(28)25-26(22(19)29)17-4-2-1-3-5-17/h1-13H,(H,25,28)/b19-13-. The molecule has 9 nitrogen and oxygen atoms in total. The summed E-state index contributed by atoms with van der Waals surface area (Å²) in [5, 5.41) is 12.2. The van der Waals surface area contributed by atoms with Gasteiger partial charge in [-0.2, -0.15) is 0 Å². The van der Waals surface area contributed by atoms with E-state index in [1.807, 2.05) is 0 Å². The molecule has 0 unspecified atom stereocenters. The van der Waals surface area contributed by atoms with Gasteiger partial charge in [0.1, 0.15) is 11.3 Å². The fourth-order valence-corrected chi connectivity index (χ4v) is 3.26. The number of halogens is 1. The van der Waals surface area contributed by atoms with Gasteiger partial charge in [0, 0.05) is 22.7 Å². The van der Waals surface area contributed by atoms with Crippen molar-refractivity contribution in [3.8, 4) is 5.75 Å². The fraction of sp³-hybridized carbons (Fsp3) is 0. The Kier molecular flexibility index (Phi) is 5.88. The number of nitro groups is 1. The lowest BCUT2D eigenvalue weighted by Crippen LogP contribution is -2.35. The summed E-state index contributed by atoms with van der Waals surface area (Å²) in [4.78, 5) is 48.0. The number of non-ortho nitro benzene ring substituents is 1. The van der Waals surface area contributed by atoms with Crippen LogP contribution in [0.1, 0.15) is 15.9 Å². The summed E-state index contributed by atoms with van der Waals surface area (Å²) in [5.74, 6) is -1.94. The maximum atomic E-state index is 12.8. The van der Waals surface area contributed by atoms with Crippen LogP contribution in [0.2, 0.25) is 5.02 Å². The number of carbonyl (C=O) groups is 3. The summed E-state index contributed by atoms with van der Waals surface area (Å²) in [7, 11) is 0. The lowest BCUT2D eigenvalue weighted by molar-refractivity contribution is -0.384. The molecule has 0 aliphatic carbocycles. The number of para-hydroxylation sites is 1. The van der Waals surface area contributed by atoms with Crippen LogP contribution >= 0.6 is 11.6 Å². The highest BCUT2D eigenvalue weighted by molar-refractivity contribution is 6.32. The Labute approximate surface area is 192 Å². The van der Waals surface area contributed by atoms with Crippen molar-refractivity contribution in [3.05, 3.63) is 105 Å². The molecule has 1 aliphatic rings. The lowest BCUT2D eigenvalue weighted by atomic mass is 10.1. The number of ether oxygens (including phenoxy) is 1. The normalized spacial score (nSPS) is 14.3. The summed E-state index contributed by atoms with van der Waals surface area (Å²) in [6, 6.07) is 17.8. The number of nitrogens with zero attached hydrogens (tertiary/aromatic N) is 2. The smallest absolute Gasteiger partial charge is 0.343 e. The van der Waals surface area contributed by atoms with E-state index in [2.05, 4.69) is 5.43 Å². The van der Waals surface area contributed by atoms with Gasteiger partial charge in [-0.15, -0.1) is 0 Å². The van der Waals surface area contributed by atoms with Gasteiger partial charge < -0.3 is 4.74 Å². The highest BCUT2D eigenvalue weighted by Gasteiger charge is 2.34. The highest BCUT2D eigenvalue weighted by atomic mass is 35.5. The van der Waals surface area contributed by atoms with E-state index in [1.54, 1.807) is 30.3 Å². The predicted octanol–water partition coefficient (Wildman–Crippen LogP) is 3.93. The van der Waals surface area contributed by atoms with Crippen molar-refractivity contribution < 1.29 is 24.0 Å². The molecule has 0 spiro atoms. The minimum Gasteiger partial charge on any atom is -0.422 e. The molecule has 164 valence electrons. The SMILES string of the molecule is O=C1NN(c2ccccc2)C(=O)/C1=C\c1cc(Cl)ccc1OC(=O)c1ccc([N+](=O)[O-])cc1. The number of hydrogen-bond donors (Lipinski definition) is 1. The number of hydrazine groups is 1. The molecule has 1 aliphatic heterocycles. The van der Waals surface area contributed by atoms with Crippen LogP contribution in [-0.4, -0.2) is 22.7 Å². The maximum Gasteiger partial charge on any atom is 0.343 e. The Hall–Kier alpha value is -4.50. The van der Waals surface area contributed by atoms with E-state index >= 15 is 0 Å². The molecule has 0 bridgehead atoms. The molecular formula is C23H14ClN3O6. The van der Waals surface area contributed by atoms with Crippen LogP contribution < -0.4 is 15.2 Å². The van der Waals surface area contributed by atoms with Gasteiger partial charge in [-0.3, -0.25) is 25.1 Å². The number of anilines is 1. The molecule has 33 heavy (non-hydrogen) atoms. The molecule has 0 saturated carbocycles. The monoisotopic (exact) mass is 463 g/mol. The Morgan fingerprint density at radius 2 is 1.73 bits per heavy atom. The van der Waals surface area contributed by atoms with Crippen LogP contribution in [0.5, 0.6) is 5.75 Å². The number of carbonyl (C=O) groups excluding carboxylic acids is 3. The van der Waals surface area contributed by atoms with Crippen LogP contribution in [0.3, 0.4) is 0 Å². The third-order valence-electron chi connectivity index (χ3n) is 4.69. The van der Waals surface area contributed by atoms with Gasteiger partial charge in [0.25, 0.3) is 17.5 Å². The summed E-state index contributed by atoms with van der Waals surface area (Å²) < 4.78 is 5.41. The lowest BCUT2D eigenvalue weighted by Gasteiger charge is -2.14. The van der Waals surface area contributed by atoms with Gasteiger partial charge in [0.2, 0.25) is 0 Å². The van der Waals surface area contributed by atoms with Crippen molar-refractivity contribution in [1.29, 1.82) is 0 Å². The Balaban J connectivity index is 1.62. The Bertz CT molecular complexity index is 1310. The van der Waals surface area contributed by atoms with Crippen molar-refractivity contribution in [2.45, 2.75) is 0 Å². The number of nitro benzene ring substituents is 1. The van der Waals surface area contributed by atoms with Crippen molar-refractivity contribution in [2.75, 3.05) is 5.01 Å². The van der Waals surface area contributed by atoms with E-state index < -0.39 is 22.7 Å². The third kappa shape index (κ3) is 4.58. The first-order valence-corrected chi connectivity index (χ1v) is 9.89. The van der Waals surface area contributed by atoms with E-state index in [0.29, 0.717) is 10.7 Å². The molecule has 1 saturated heterocycles. The highest BCUT2D eigenvalue weighted by Crippen LogP contribution is 2.28. The third-order valence-corrected chi connectivity index (χ3v) is 4.93. The minimum atomic E-state index is -0.778. The summed E-state index contributed by atoms with van der Waals surface area (Å²) in [6.07, 6.45) is 1.28. The number of nitrogens with one attached hydrogen (secondary N) is 1. The van der Waals surface area contributed by atoms with Gasteiger partial charge in [-0.1, -0.05) is 29.8 Å². The number of hydrogen-bond acceptors (Lipinski definition) is 6. The second kappa shape index (κ2) is 8.93. The van der Waals surface area contributed by atoms with Crippen molar-refractivity contribution in [2.24, 2.45) is 0 Å².